The molecule has 0 amide bonds. The minimum Gasteiger partial charge on any atom is -0.490 e. The van der Waals surface area contributed by atoms with Crippen LogP contribution in [0.25, 0.3) is 0 Å². The molecule has 0 aliphatic heterocycles. The molecule has 0 radical (unpaired) electrons. The molecule has 0 aliphatic rings. The summed E-state index contributed by atoms with van der Waals surface area (Å²) in [6.45, 7) is 1.56. The van der Waals surface area contributed by atoms with Crippen molar-refractivity contribution in [1.82, 2.24) is 0 Å². The molecule has 25 heavy (non-hydrogen) atoms. The number of benzene rings is 2. The van der Waals surface area contributed by atoms with Gasteiger partial charge >= 0.3 is 11.7 Å². The van der Waals surface area contributed by atoms with Gasteiger partial charge in [0.1, 0.15) is 0 Å². The Morgan fingerprint density at radius 1 is 1.16 bits per heavy atom. The van der Waals surface area contributed by atoms with Gasteiger partial charge in [-0.3, -0.25) is 10.1 Å². The second-order valence-corrected chi connectivity index (χ2v) is 4.69. The number of para-hydroxylation sites is 2. The summed E-state index contributed by atoms with van der Waals surface area (Å²) >= 11 is 0. The summed E-state index contributed by atoms with van der Waals surface area (Å²) in [5.41, 5.74) is 0.114. The number of rotatable bonds is 7. The lowest BCUT2D eigenvalue weighted by Gasteiger charge is -2.11. The zero-order valence-electron chi connectivity index (χ0n) is 13.3. The molecule has 0 fully saturated rings. The highest BCUT2D eigenvalue weighted by molar-refractivity contribution is 5.75. The third-order valence-corrected chi connectivity index (χ3v) is 3.00. The van der Waals surface area contributed by atoms with Crippen LogP contribution in [0.5, 0.6) is 17.2 Å². The van der Waals surface area contributed by atoms with Gasteiger partial charge in [-0.1, -0.05) is 12.1 Å². The fourth-order valence-corrected chi connectivity index (χ4v) is 1.95. The Hall–Kier alpha value is -3.60. The zero-order chi connectivity index (χ0) is 18.2. The number of carbonyl (C=O) groups excluding carboxylic acids is 1. The molecule has 0 atom stereocenters. The van der Waals surface area contributed by atoms with E-state index in [2.05, 4.69) is 0 Å². The van der Waals surface area contributed by atoms with Crippen molar-refractivity contribution in [2.45, 2.75) is 6.92 Å². The first kappa shape index (κ1) is 17.7. The fourth-order valence-electron chi connectivity index (χ4n) is 1.95. The van der Waals surface area contributed by atoms with E-state index in [0.717, 1.165) is 0 Å². The van der Waals surface area contributed by atoms with Crippen molar-refractivity contribution in [2.24, 2.45) is 0 Å². The number of nitrogens with zero attached hydrogens (tertiary/aromatic N) is 2. The van der Waals surface area contributed by atoms with Crippen molar-refractivity contribution < 1.29 is 23.9 Å². The number of hydrogen-bond acceptors (Lipinski definition) is 7. The third-order valence-electron chi connectivity index (χ3n) is 3.00. The minimum atomic E-state index is -0.760. The summed E-state index contributed by atoms with van der Waals surface area (Å²) in [6.07, 6.45) is 0. The normalized spacial score (nSPS) is 9.76. The van der Waals surface area contributed by atoms with E-state index in [1.165, 1.54) is 36.4 Å². The standard InChI is InChI=1S/C17H14N2O6/c1-2-23-16-9-12(10-18)7-8-15(16)25-17(20)11-24-14-6-4-3-5-13(14)19(21)22/h3-9H,2,11H2,1H3. The maximum Gasteiger partial charge on any atom is 0.349 e. The summed E-state index contributed by atoms with van der Waals surface area (Å²) in [4.78, 5) is 22.2. The average Bonchev–Trinajstić information content (AvgIpc) is 2.61. The third kappa shape index (κ3) is 4.68. The molecule has 8 heteroatoms. The van der Waals surface area contributed by atoms with Crippen LogP contribution in [0.3, 0.4) is 0 Å². The molecule has 0 unspecified atom stereocenters. The summed E-state index contributed by atoms with van der Waals surface area (Å²) in [7, 11) is 0. The molecule has 2 aromatic rings. The molecule has 2 rings (SSSR count). The lowest BCUT2D eigenvalue weighted by molar-refractivity contribution is -0.385. The van der Waals surface area contributed by atoms with E-state index < -0.39 is 17.5 Å². The van der Waals surface area contributed by atoms with E-state index in [1.54, 1.807) is 13.0 Å². The van der Waals surface area contributed by atoms with Gasteiger partial charge in [-0.05, 0) is 25.1 Å². The van der Waals surface area contributed by atoms with Crippen molar-refractivity contribution >= 4 is 11.7 Å². The van der Waals surface area contributed by atoms with Gasteiger partial charge in [-0.2, -0.15) is 5.26 Å². The van der Waals surface area contributed by atoms with Gasteiger partial charge in [0.05, 0.1) is 23.2 Å². The van der Waals surface area contributed by atoms with Crippen LogP contribution in [0.1, 0.15) is 12.5 Å². The predicted molar refractivity (Wildman–Crippen MR) is 86.6 cm³/mol. The maximum absolute atomic E-state index is 11.9. The highest BCUT2D eigenvalue weighted by Gasteiger charge is 2.17. The van der Waals surface area contributed by atoms with Gasteiger partial charge in [-0.15, -0.1) is 0 Å². The topological polar surface area (TPSA) is 112 Å². The molecule has 128 valence electrons. The van der Waals surface area contributed by atoms with Gasteiger partial charge in [0.25, 0.3) is 0 Å². The van der Waals surface area contributed by atoms with Crippen LogP contribution < -0.4 is 14.2 Å². The smallest absolute Gasteiger partial charge is 0.349 e. The molecule has 0 spiro atoms. The lowest BCUT2D eigenvalue weighted by atomic mass is 10.2. The van der Waals surface area contributed by atoms with E-state index in [9.17, 15) is 14.9 Å². The zero-order valence-corrected chi connectivity index (χ0v) is 13.3. The number of ether oxygens (including phenoxy) is 3. The Labute approximate surface area is 143 Å². The SMILES string of the molecule is CCOc1cc(C#N)ccc1OC(=O)COc1ccccc1[N+](=O)[O-]. The highest BCUT2D eigenvalue weighted by atomic mass is 16.6. The number of carbonyl (C=O) groups is 1. The second kappa shape index (κ2) is 8.31. The van der Waals surface area contributed by atoms with Crippen LogP contribution in [-0.2, 0) is 4.79 Å². The van der Waals surface area contributed by atoms with E-state index in [-0.39, 0.29) is 22.9 Å². The van der Waals surface area contributed by atoms with Crippen LogP contribution in [0.2, 0.25) is 0 Å². The first-order valence-corrected chi connectivity index (χ1v) is 7.29. The Bertz CT molecular complexity index is 828. The first-order valence-electron chi connectivity index (χ1n) is 7.29. The molecule has 0 heterocycles. The monoisotopic (exact) mass is 342 g/mol. The first-order chi connectivity index (χ1) is 12.0. The quantitative estimate of drug-likeness (QED) is 0.329. The van der Waals surface area contributed by atoms with Crippen LogP contribution in [-0.4, -0.2) is 24.1 Å². The van der Waals surface area contributed by atoms with Crippen LogP contribution in [0.15, 0.2) is 42.5 Å². The maximum atomic E-state index is 11.9. The Morgan fingerprint density at radius 2 is 1.92 bits per heavy atom. The van der Waals surface area contributed by atoms with E-state index in [1.807, 2.05) is 6.07 Å². The second-order valence-electron chi connectivity index (χ2n) is 4.69. The summed E-state index contributed by atoms with van der Waals surface area (Å²) in [5.74, 6) is -0.407. The van der Waals surface area contributed by atoms with Crippen molar-refractivity contribution in [2.75, 3.05) is 13.2 Å². The molecule has 2 aromatic carbocycles. The van der Waals surface area contributed by atoms with Crippen molar-refractivity contribution in [3.63, 3.8) is 0 Å². The van der Waals surface area contributed by atoms with Crippen molar-refractivity contribution in [1.29, 1.82) is 5.26 Å². The summed E-state index contributed by atoms with van der Waals surface area (Å²) < 4.78 is 15.7. The number of hydrogen-bond donors (Lipinski definition) is 0. The average molecular weight is 342 g/mol. The minimum absolute atomic E-state index is 0.0330. The van der Waals surface area contributed by atoms with Gasteiger partial charge in [0.15, 0.2) is 23.9 Å². The Kier molecular flexibility index (Phi) is 5.90. The predicted octanol–water partition coefficient (Wildman–Crippen LogP) is 2.85. The van der Waals surface area contributed by atoms with Gasteiger partial charge < -0.3 is 14.2 Å². The molecule has 8 nitrogen and oxygen atoms in total. The molecule has 0 saturated carbocycles. The highest BCUT2D eigenvalue weighted by Crippen LogP contribution is 2.29. The van der Waals surface area contributed by atoms with Crippen molar-refractivity contribution in [3.8, 4) is 23.3 Å². The van der Waals surface area contributed by atoms with Crippen LogP contribution in [0.4, 0.5) is 5.69 Å². The molecule has 0 aromatic heterocycles. The van der Waals surface area contributed by atoms with Gasteiger partial charge in [0.2, 0.25) is 0 Å². The van der Waals surface area contributed by atoms with Gasteiger partial charge in [-0.25, -0.2) is 4.79 Å². The van der Waals surface area contributed by atoms with Crippen molar-refractivity contribution in [3.05, 3.63) is 58.1 Å². The van der Waals surface area contributed by atoms with Crippen LogP contribution >= 0.6 is 0 Å². The summed E-state index contributed by atoms with van der Waals surface area (Å²) in [6, 6.07) is 12.0. The number of nitro benzene ring substituents is 1. The van der Waals surface area contributed by atoms with E-state index >= 15 is 0 Å². The molecule has 0 saturated heterocycles. The Balaban J connectivity index is 2.06. The largest absolute Gasteiger partial charge is 0.490 e. The Morgan fingerprint density at radius 3 is 2.60 bits per heavy atom. The molecule has 0 bridgehead atoms. The summed E-state index contributed by atoms with van der Waals surface area (Å²) in [5, 5.41) is 19.8. The van der Waals surface area contributed by atoms with Crippen LogP contribution in [0, 0.1) is 21.4 Å². The molecule has 0 aliphatic carbocycles. The molecular formula is C17H14N2O6. The fraction of sp³-hybridized carbons (Fsp3) is 0.176. The number of nitriles is 1. The van der Waals surface area contributed by atoms with E-state index in [4.69, 9.17) is 19.5 Å². The lowest BCUT2D eigenvalue weighted by Crippen LogP contribution is -2.18. The molecule has 0 N–H and O–H groups in total. The van der Waals surface area contributed by atoms with E-state index in [0.29, 0.717) is 12.2 Å². The number of esters is 1. The number of nitro groups is 1. The molecular weight excluding hydrogens is 328 g/mol. The van der Waals surface area contributed by atoms with Gasteiger partial charge in [0, 0.05) is 12.1 Å².